The van der Waals surface area contributed by atoms with Gasteiger partial charge in [0.15, 0.2) is 0 Å². The van der Waals surface area contributed by atoms with Crippen molar-refractivity contribution in [2.45, 2.75) is 50.2 Å². The molecular formula is C24H27FN4O3S. The molecule has 1 aliphatic carbocycles. The summed E-state index contributed by atoms with van der Waals surface area (Å²) in [5.41, 5.74) is 1.94. The highest BCUT2D eigenvalue weighted by Crippen LogP contribution is 2.33. The number of halogens is 1. The third-order valence-corrected chi connectivity index (χ3v) is 7.00. The topological polar surface area (TPSA) is 111 Å². The molecule has 3 N–H and O–H groups in total. The van der Waals surface area contributed by atoms with Crippen molar-refractivity contribution in [1.82, 2.24) is 10.6 Å². The van der Waals surface area contributed by atoms with E-state index in [2.05, 4.69) is 21.4 Å². The molecule has 2 heterocycles. The predicted octanol–water partition coefficient (Wildman–Crippen LogP) is 2.95. The molecule has 0 unspecified atom stereocenters. The molecule has 7 nitrogen and oxygen atoms in total. The quantitative estimate of drug-likeness (QED) is 0.576. The Kier molecular flexibility index (Phi) is 6.68. The standard InChI is InChI=1S/C24H27FN4O3S/c1-33(31,32)29-20-4-2-3-16(11-20)17-5-6-18(22(25)13-17)12-21(14-26)28-24(30)23-15-7-9-19(27-23)10-8-15/h2-6,11,13,15,19,21,23,27,29H,7-10,12H2,1H3,(H,28,30)/t15?,19?,21-,23-/m0/s1. The van der Waals surface area contributed by atoms with Crippen LogP contribution in [0.3, 0.4) is 0 Å². The lowest BCUT2D eigenvalue weighted by Crippen LogP contribution is -2.59. The van der Waals surface area contributed by atoms with Gasteiger partial charge in [-0.2, -0.15) is 5.26 Å². The Hall–Kier alpha value is -2.96. The Balaban J connectivity index is 1.44. The number of carbonyl (C=O) groups is 1. The molecule has 3 aliphatic rings. The van der Waals surface area contributed by atoms with Crippen molar-refractivity contribution in [1.29, 1.82) is 5.26 Å². The zero-order valence-corrected chi connectivity index (χ0v) is 19.2. The van der Waals surface area contributed by atoms with Gasteiger partial charge >= 0.3 is 0 Å². The van der Waals surface area contributed by atoms with Gasteiger partial charge in [0, 0.05) is 18.2 Å². The summed E-state index contributed by atoms with van der Waals surface area (Å²) in [5, 5.41) is 15.7. The number of nitriles is 1. The zero-order chi connectivity index (χ0) is 23.6. The van der Waals surface area contributed by atoms with Crippen molar-refractivity contribution in [3.8, 4) is 17.2 Å². The van der Waals surface area contributed by atoms with Gasteiger partial charge in [-0.25, -0.2) is 12.8 Å². The van der Waals surface area contributed by atoms with Crippen molar-refractivity contribution in [2.75, 3.05) is 11.0 Å². The SMILES string of the molecule is CS(=O)(=O)Nc1cccc(-c2ccc(C[C@@H](C#N)NC(=O)[C@H]3NC4CCC3CC4)c(F)c2)c1. The Morgan fingerprint density at radius 1 is 1.18 bits per heavy atom. The van der Waals surface area contributed by atoms with Crippen LogP contribution >= 0.6 is 0 Å². The molecule has 2 aromatic carbocycles. The summed E-state index contributed by atoms with van der Waals surface area (Å²) in [6.07, 6.45) is 5.33. The maximum absolute atomic E-state index is 14.9. The van der Waals surface area contributed by atoms with Crippen LogP contribution in [0.25, 0.3) is 11.1 Å². The Morgan fingerprint density at radius 2 is 1.91 bits per heavy atom. The Morgan fingerprint density at radius 3 is 2.52 bits per heavy atom. The molecule has 3 fully saturated rings. The maximum atomic E-state index is 14.9. The van der Waals surface area contributed by atoms with Crippen LogP contribution in [0.4, 0.5) is 10.1 Å². The molecule has 0 radical (unpaired) electrons. The highest BCUT2D eigenvalue weighted by atomic mass is 32.2. The monoisotopic (exact) mass is 470 g/mol. The van der Waals surface area contributed by atoms with Crippen LogP contribution in [-0.4, -0.2) is 38.7 Å². The largest absolute Gasteiger partial charge is 0.339 e. The van der Waals surface area contributed by atoms with E-state index < -0.39 is 21.9 Å². The van der Waals surface area contributed by atoms with Gasteiger partial charge in [-0.3, -0.25) is 9.52 Å². The molecule has 2 aromatic rings. The van der Waals surface area contributed by atoms with Crippen LogP contribution in [0.5, 0.6) is 0 Å². The van der Waals surface area contributed by atoms with Crippen molar-refractivity contribution >= 4 is 21.6 Å². The second kappa shape index (κ2) is 9.49. The van der Waals surface area contributed by atoms with Gasteiger partial charge in [0.25, 0.3) is 0 Å². The van der Waals surface area contributed by atoms with Crippen LogP contribution in [0, 0.1) is 23.1 Å². The number of nitrogens with zero attached hydrogens (tertiary/aromatic N) is 1. The number of sulfonamides is 1. The minimum atomic E-state index is -3.42. The van der Waals surface area contributed by atoms with E-state index >= 15 is 0 Å². The van der Waals surface area contributed by atoms with Gasteiger partial charge in [-0.1, -0.05) is 24.3 Å². The third kappa shape index (κ3) is 5.70. The number of carbonyl (C=O) groups excluding carboxylic acids is 1. The molecule has 1 amide bonds. The minimum absolute atomic E-state index is 0.0604. The summed E-state index contributed by atoms with van der Waals surface area (Å²) in [6, 6.07) is 12.7. The molecule has 5 rings (SSSR count). The molecular weight excluding hydrogens is 443 g/mol. The lowest BCUT2D eigenvalue weighted by atomic mass is 9.76. The summed E-state index contributed by atoms with van der Waals surface area (Å²) in [7, 11) is -3.42. The average molecular weight is 471 g/mol. The first kappa shape index (κ1) is 23.2. The molecule has 174 valence electrons. The molecule has 33 heavy (non-hydrogen) atoms. The fraction of sp³-hybridized carbons (Fsp3) is 0.417. The molecule has 0 spiro atoms. The highest BCUT2D eigenvalue weighted by molar-refractivity contribution is 7.92. The molecule has 2 saturated heterocycles. The molecule has 1 saturated carbocycles. The van der Waals surface area contributed by atoms with Gasteiger partial charge in [0.05, 0.1) is 18.4 Å². The number of rotatable bonds is 7. The van der Waals surface area contributed by atoms with Gasteiger partial charge in [-0.05, 0) is 66.5 Å². The van der Waals surface area contributed by atoms with E-state index in [1.54, 1.807) is 36.4 Å². The van der Waals surface area contributed by atoms with Crippen LogP contribution in [0.15, 0.2) is 42.5 Å². The molecule has 2 aliphatic heterocycles. The normalized spacial score (nSPS) is 22.9. The lowest BCUT2D eigenvalue weighted by molar-refractivity contribution is -0.127. The Bertz CT molecular complexity index is 1190. The summed E-state index contributed by atoms with van der Waals surface area (Å²) in [5.74, 6) is -0.389. The van der Waals surface area contributed by atoms with Gasteiger partial charge in [0.2, 0.25) is 15.9 Å². The van der Waals surface area contributed by atoms with Crippen molar-refractivity contribution in [3.05, 3.63) is 53.8 Å². The number of piperidine rings is 2. The molecule has 0 aromatic heterocycles. The zero-order valence-electron chi connectivity index (χ0n) is 18.3. The fourth-order valence-electron chi connectivity index (χ4n) is 4.78. The molecule has 9 heteroatoms. The molecule has 2 atom stereocenters. The van der Waals surface area contributed by atoms with Gasteiger partial charge in [-0.15, -0.1) is 0 Å². The predicted molar refractivity (Wildman–Crippen MR) is 124 cm³/mol. The highest BCUT2D eigenvalue weighted by Gasteiger charge is 2.39. The third-order valence-electron chi connectivity index (χ3n) is 6.39. The number of anilines is 1. The first-order chi connectivity index (χ1) is 15.7. The fourth-order valence-corrected chi connectivity index (χ4v) is 5.33. The summed E-state index contributed by atoms with van der Waals surface area (Å²) >= 11 is 0. The smallest absolute Gasteiger partial charge is 0.238 e. The lowest BCUT2D eigenvalue weighted by Gasteiger charge is -2.42. The maximum Gasteiger partial charge on any atom is 0.238 e. The van der Waals surface area contributed by atoms with Gasteiger partial charge < -0.3 is 10.6 Å². The first-order valence-electron chi connectivity index (χ1n) is 11.0. The van der Waals surface area contributed by atoms with Crippen LogP contribution in [0.2, 0.25) is 0 Å². The number of benzene rings is 2. The van der Waals surface area contributed by atoms with E-state index in [0.717, 1.165) is 31.9 Å². The summed E-state index contributed by atoms with van der Waals surface area (Å²) in [4.78, 5) is 12.7. The van der Waals surface area contributed by atoms with E-state index in [-0.39, 0.29) is 18.4 Å². The van der Waals surface area contributed by atoms with E-state index in [1.807, 2.05) is 0 Å². The number of amides is 1. The number of fused-ring (bicyclic) bond motifs is 3. The van der Waals surface area contributed by atoms with E-state index in [9.17, 15) is 22.9 Å². The van der Waals surface area contributed by atoms with E-state index in [4.69, 9.17) is 0 Å². The second-order valence-corrected chi connectivity index (χ2v) is 10.7. The van der Waals surface area contributed by atoms with Crippen molar-refractivity contribution < 1.29 is 17.6 Å². The van der Waals surface area contributed by atoms with Crippen LogP contribution in [0.1, 0.15) is 31.2 Å². The first-order valence-corrected chi connectivity index (χ1v) is 12.9. The minimum Gasteiger partial charge on any atom is -0.339 e. The Labute approximate surface area is 193 Å². The summed E-state index contributed by atoms with van der Waals surface area (Å²) < 4.78 is 40.2. The van der Waals surface area contributed by atoms with E-state index in [0.29, 0.717) is 34.3 Å². The van der Waals surface area contributed by atoms with E-state index in [1.165, 1.54) is 6.07 Å². The number of hydrogen-bond donors (Lipinski definition) is 3. The average Bonchev–Trinajstić information content (AvgIpc) is 2.79. The van der Waals surface area contributed by atoms with Crippen molar-refractivity contribution in [2.24, 2.45) is 5.92 Å². The van der Waals surface area contributed by atoms with Crippen LogP contribution in [-0.2, 0) is 21.2 Å². The number of nitrogens with one attached hydrogen (secondary N) is 3. The second-order valence-electron chi connectivity index (χ2n) is 8.91. The number of hydrogen-bond acceptors (Lipinski definition) is 5. The van der Waals surface area contributed by atoms with Crippen molar-refractivity contribution in [3.63, 3.8) is 0 Å². The van der Waals surface area contributed by atoms with Gasteiger partial charge in [0.1, 0.15) is 11.9 Å². The van der Waals surface area contributed by atoms with Crippen LogP contribution < -0.4 is 15.4 Å². The summed E-state index contributed by atoms with van der Waals surface area (Å²) in [6.45, 7) is 0. The molecule has 2 bridgehead atoms.